The molecular weight excluding hydrogens is 341 g/mol. The highest BCUT2D eigenvalue weighted by atomic mass is 19.4. The van der Waals surface area contributed by atoms with Gasteiger partial charge in [0.2, 0.25) is 11.8 Å². The average molecular weight is 360 g/mol. The van der Waals surface area contributed by atoms with Crippen LogP contribution in [0.15, 0.2) is 24.3 Å². The molecule has 1 rings (SSSR count). The zero-order valence-electron chi connectivity index (χ0n) is 13.7. The van der Waals surface area contributed by atoms with Crippen LogP contribution < -0.4 is 16.0 Å². The number of hydrogen-bond donors (Lipinski definition) is 3. The van der Waals surface area contributed by atoms with Gasteiger partial charge < -0.3 is 10.6 Å². The van der Waals surface area contributed by atoms with Crippen LogP contribution in [0.1, 0.15) is 5.56 Å². The first-order valence-corrected chi connectivity index (χ1v) is 7.24. The molecule has 0 spiro atoms. The highest BCUT2D eigenvalue weighted by Gasteiger charge is 2.28. The van der Waals surface area contributed by atoms with Gasteiger partial charge in [-0.3, -0.25) is 19.8 Å². The Hall–Kier alpha value is -2.62. The molecule has 0 aliphatic heterocycles. The summed E-state index contributed by atoms with van der Waals surface area (Å²) >= 11 is 0. The Bertz CT molecular complexity index is 617. The van der Waals surface area contributed by atoms with Crippen LogP contribution in [0.4, 0.5) is 23.7 Å². The van der Waals surface area contributed by atoms with Crippen molar-refractivity contribution in [2.45, 2.75) is 13.1 Å². The second kappa shape index (κ2) is 9.02. The minimum absolute atomic E-state index is 0.133. The molecular formula is C15H19F3N4O3. The van der Waals surface area contributed by atoms with Gasteiger partial charge in [0.1, 0.15) is 6.54 Å². The van der Waals surface area contributed by atoms with E-state index in [1.807, 2.05) is 19.1 Å². The van der Waals surface area contributed by atoms with Gasteiger partial charge in [-0.2, -0.15) is 13.2 Å². The van der Waals surface area contributed by atoms with Crippen LogP contribution in [0.5, 0.6) is 0 Å². The van der Waals surface area contributed by atoms with Gasteiger partial charge in [0.05, 0.1) is 13.1 Å². The van der Waals surface area contributed by atoms with Crippen molar-refractivity contribution in [1.82, 2.24) is 15.5 Å². The number of aryl methyl sites for hydroxylation is 1. The highest BCUT2D eigenvalue weighted by molar-refractivity contribution is 5.96. The second-order valence-electron chi connectivity index (χ2n) is 5.43. The minimum Gasteiger partial charge on any atom is -0.329 e. The Morgan fingerprint density at radius 3 is 2.16 bits per heavy atom. The van der Waals surface area contributed by atoms with E-state index in [1.54, 1.807) is 17.4 Å². The third-order valence-corrected chi connectivity index (χ3v) is 2.86. The monoisotopic (exact) mass is 360 g/mol. The minimum atomic E-state index is -4.56. The number of benzene rings is 1. The van der Waals surface area contributed by atoms with Crippen LogP contribution >= 0.6 is 0 Å². The molecule has 138 valence electrons. The molecule has 1 aromatic carbocycles. The standard InChI is InChI=1S/C15H19F3N4O3/c1-10-3-5-11(6-4-10)20-12(23)7-22(2)8-13(24)21-14(25)19-9-15(16,17)18/h3-6H,7-9H2,1-2H3,(H,20,23)(H2,19,21,24,25). The predicted octanol–water partition coefficient (Wildman–Crippen LogP) is 1.25. The molecule has 1 aromatic rings. The third-order valence-electron chi connectivity index (χ3n) is 2.86. The topological polar surface area (TPSA) is 90.5 Å². The first-order valence-electron chi connectivity index (χ1n) is 7.24. The number of urea groups is 1. The number of carbonyl (C=O) groups is 3. The summed E-state index contributed by atoms with van der Waals surface area (Å²) in [5, 5.41) is 5.90. The maximum atomic E-state index is 11.9. The first kappa shape index (κ1) is 20.4. The van der Waals surface area contributed by atoms with E-state index in [-0.39, 0.29) is 19.0 Å². The summed E-state index contributed by atoms with van der Waals surface area (Å²) in [6.07, 6.45) is -4.56. The van der Waals surface area contributed by atoms with Gasteiger partial charge in [-0.1, -0.05) is 17.7 Å². The first-order chi connectivity index (χ1) is 11.5. The summed E-state index contributed by atoms with van der Waals surface area (Å²) in [6, 6.07) is 5.86. The van der Waals surface area contributed by atoms with Crippen LogP contribution in [0.3, 0.4) is 0 Å². The lowest BCUT2D eigenvalue weighted by Gasteiger charge is -2.16. The summed E-state index contributed by atoms with van der Waals surface area (Å²) in [4.78, 5) is 35.8. The Morgan fingerprint density at radius 1 is 1.04 bits per heavy atom. The molecule has 7 nitrogen and oxygen atoms in total. The van der Waals surface area contributed by atoms with Gasteiger partial charge in [0, 0.05) is 5.69 Å². The van der Waals surface area contributed by atoms with Crippen molar-refractivity contribution >= 4 is 23.5 Å². The summed E-state index contributed by atoms with van der Waals surface area (Å²) < 4.78 is 35.8. The van der Waals surface area contributed by atoms with Crippen molar-refractivity contribution in [2.24, 2.45) is 0 Å². The molecule has 0 radical (unpaired) electrons. The number of hydrogen-bond acceptors (Lipinski definition) is 4. The van der Waals surface area contributed by atoms with E-state index >= 15 is 0 Å². The molecule has 0 fully saturated rings. The molecule has 0 aliphatic carbocycles. The van der Waals surface area contributed by atoms with E-state index in [4.69, 9.17) is 0 Å². The Labute approximate surface area is 142 Å². The molecule has 10 heteroatoms. The molecule has 0 aromatic heterocycles. The SMILES string of the molecule is Cc1ccc(NC(=O)CN(C)CC(=O)NC(=O)NCC(F)(F)F)cc1. The fourth-order valence-corrected chi connectivity index (χ4v) is 1.77. The van der Waals surface area contributed by atoms with Crippen LogP contribution in [-0.4, -0.2) is 55.6 Å². The molecule has 3 N–H and O–H groups in total. The quantitative estimate of drug-likeness (QED) is 0.712. The second-order valence-corrected chi connectivity index (χ2v) is 5.43. The molecule has 0 bridgehead atoms. The van der Waals surface area contributed by atoms with Gasteiger partial charge >= 0.3 is 12.2 Å². The van der Waals surface area contributed by atoms with Crippen LogP contribution in [0.25, 0.3) is 0 Å². The van der Waals surface area contributed by atoms with Crippen LogP contribution in [-0.2, 0) is 9.59 Å². The highest BCUT2D eigenvalue weighted by Crippen LogP contribution is 2.11. The van der Waals surface area contributed by atoms with Crippen molar-refractivity contribution in [3.05, 3.63) is 29.8 Å². The summed E-state index contributed by atoms with van der Waals surface area (Å²) in [6.45, 7) is -0.101. The molecule has 0 heterocycles. The largest absolute Gasteiger partial charge is 0.405 e. The zero-order valence-corrected chi connectivity index (χ0v) is 13.7. The van der Waals surface area contributed by atoms with Gasteiger partial charge in [-0.15, -0.1) is 0 Å². The molecule has 0 unspecified atom stereocenters. The summed E-state index contributed by atoms with van der Waals surface area (Å²) in [5.41, 5.74) is 1.63. The number of alkyl halides is 3. The van der Waals surface area contributed by atoms with Crippen molar-refractivity contribution in [1.29, 1.82) is 0 Å². The lowest BCUT2D eigenvalue weighted by atomic mass is 10.2. The van der Waals surface area contributed by atoms with Crippen molar-refractivity contribution in [3.8, 4) is 0 Å². The Morgan fingerprint density at radius 2 is 1.60 bits per heavy atom. The number of nitrogens with one attached hydrogen (secondary N) is 3. The van der Waals surface area contributed by atoms with Gasteiger partial charge in [0.25, 0.3) is 0 Å². The molecule has 4 amide bonds. The van der Waals surface area contributed by atoms with E-state index in [0.29, 0.717) is 5.69 Å². The number of imide groups is 1. The molecule has 0 atom stereocenters. The van der Waals surface area contributed by atoms with E-state index in [2.05, 4.69) is 5.32 Å². The number of likely N-dealkylation sites (N-methyl/N-ethyl adjacent to an activating group) is 1. The van der Waals surface area contributed by atoms with Gasteiger partial charge in [-0.25, -0.2) is 4.79 Å². The van der Waals surface area contributed by atoms with E-state index in [1.165, 1.54) is 17.3 Å². The maximum absolute atomic E-state index is 11.9. The number of halogens is 3. The summed E-state index contributed by atoms with van der Waals surface area (Å²) in [7, 11) is 1.46. The number of nitrogens with zero attached hydrogens (tertiary/aromatic N) is 1. The van der Waals surface area contributed by atoms with Gasteiger partial charge in [-0.05, 0) is 26.1 Å². The van der Waals surface area contributed by atoms with Crippen molar-refractivity contribution in [3.63, 3.8) is 0 Å². The van der Waals surface area contributed by atoms with Gasteiger partial charge in [0.15, 0.2) is 0 Å². The van der Waals surface area contributed by atoms with Crippen molar-refractivity contribution in [2.75, 3.05) is 32.0 Å². The fraction of sp³-hybridized carbons (Fsp3) is 0.400. The smallest absolute Gasteiger partial charge is 0.329 e. The molecule has 0 saturated heterocycles. The number of amides is 4. The molecule has 0 aliphatic rings. The zero-order chi connectivity index (χ0) is 19.0. The van der Waals surface area contributed by atoms with E-state index in [9.17, 15) is 27.6 Å². The van der Waals surface area contributed by atoms with Crippen molar-refractivity contribution < 1.29 is 27.6 Å². The fourth-order valence-electron chi connectivity index (χ4n) is 1.77. The average Bonchev–Trinajstić information content (AvgIpc) is 2.46. The number of rotatable bonds is 6. The van der Waals surface area contributed by atoms with E-state index < -0.39 is 24.7 Å². The third kappa shape index (κ3) is 9.30. The lowest BCUT2D eigenvalue weighted by molar-refractivity contribution is -0.125. The summed E-state index contributed by atoms with van der Waals surface area (Å²) in [5.74, 6) is -1.20. The maximum Gasteiger partial charge on any atom is 0.405 e. The van der Waals surface area contributed by atoms with Crippen LogP contribution in [0, 0.1) is 6.92 Å². The predicted molar refractivity (Wildman–Crippen MR) is 84.9 cm³/mol. The van der Waals surface area contributed by atoms with Crippen LogP contribution in [0.2, 0.25) is 0 Å². The molecule has 0 saturated carbocycles. The normalized spacial score (nSPS) is 11.1. The molecule has 25 heavy (non-hydrogen) atoms. The lowest BCUT2D eigenvalue weighted by Crippen LogP contribution is -2.47. The Balaban J connectivity index is 2.33. The Kier molecular flexibility index (Phi) is 7.37. The number of anilines is 1. The number of carbonyl (C=O) groups excluding carboxylic acids is 3. The van der Waals surface area contributed by atoms with E-state index in [0.717, 1.165) is 5.56 Å².